The third-order valence-corrected chi connectivity index (χ3v) is 5.18. The summed E-state index contributed by atoms with van der Waals surface area (Å²) in [4.78, 5) is 15.0. The molecule has 29 heavy (non-hydrogen) atoms. The molecule has 0 aliphatic carbocycles. The number of carbonyl (C=O) groups is 1. The van der Waals surface area contributed by atoms with Gasteiger partial charge in [-0.2, -0.15) is 0 Å². The van der Waals surface area contributed by atoms with Gasteiger partial charge in [0, 0.05) is 5.69 Å². The summed E-state index contributed by atoms with van der Waals surface area (Å²) in [6, 6.07) is 26.7. The molecule has 1 amide bonds. The molecule has 146 valence electrons. The van der Waals surface area contributed by atoms with E-state index >= 15 is 0 Å². The average Bonchev–Trinajstić information content (AvgIpc) is 2.77. The van der Waals surface area contributed by atoms with Crippen molar-refractivity contribution in [2.24, 2.45) is 0 Å². The van der Waals surface area contributed by atoms with Gasteiger partial charge in [-0.25, -0.2) is 0 Å². The van der Waals surface area contributed by atoms with Crippen molar-refractivity contribution in [3.8, 4) is 11.5 Å². The second-order valence-electron chi connectivity index (χ2n) is 7.11. The Hall–Kier alpha value is -3.53. The first kappa shape index (κ1) is 18.8. The Bertz CT molecular complexity index is 999. The topological polar surface area (TPSA) is 38.8 Å². The van der Waals surface area contributed by atoms with Gasteiger partial charge in [0.2, 0.25) is 5.60 Å². The van der Waals surface area contributed by atoms with Crippen LogP contribution in [0, 0.1) is 0 Å². The van der Waals surface area contributed by atoms with Crippen molar-refractivity contribution >= 4 is 17.7 Å². The predicted molar refractivity (Wildman–Crippen MR) is 115 cm³/mol. The standard InChI is InChI=1S/C25H23NO3/c1-25(29-22-11-7-4-8-12-22)23(18-13-19-9-5-3-6-10-19)26(24(25)27)20-14-16-21(28-2)17-15-20/h3-18,23H,1-2H3/b18-13+/t23-,25-/m0/s1. The van der Waals surface area contributed by atoms with Crippen LogP contribution >= 0.6 is 0 Å². The second kappa shape index (κ2) is 7.84. The molecule has 4 rings (SSSR count). The van der Waals surface area contributed by atoms with E-state index in [1.165, 1.54) is 0 Å². The number of ether oxygens (including phenoxy) is 2. The lowest BCUT2D eigenvalue weighted by molar-refractivity contribution is -0.144. The number of β-lactam (4-membered cyclic amide) rings is 1. The molecule has 1 aliphatic heterocycles. The highest BCUT2D eigenvalue weighted by molar-refractivity contribution is 6.09. The van der Waals surface area contributed by atoms with Crippen LogP contribution < -0.4 is 14.4 Å². The summed E-state index contributed by atoms with van der Waals surface area (Å²) in [5.74, 6) is 1.35. The van der Waals surface area contributed by atoms with E-state index in [1.807, 2.05) is 104 Å². The molecule has 0 N–H and O–H groups in total. The molecule has 0 spiro atoms. The zero-order chi connectivity index (χ0) is 20.3. The first-order valence-electron chi connectivity index (χ1n) is 9.57. The zero-order valence-electron chi connectivity index (χ0n) is 16.5. The lowest BCUT2D eigenvalue weighted by atomic mass is 9.82. The predicted octanol–water partition coefficient (Wildman–Crippen LogP) is 4.96. The maximum absolute atomic E-state index is 13.2. The molecule has 1 saturated heterocycles. The van der Waals surface area contributed by atoms with E-state index < -0.39 is 5.60 Å². The normalized spacial score (nSPS) is 21.1. The van der Waals surface area contributed by atoms with Gasteiger partial charge in [0.05, 0.1) is 7.11 Å². The number of nitrogens with zero attached hydrogens (tertiary/aromatic N) is 1. The highest BCUT2D eigenvalue weighted by Gasteiger charge is 2.59. The number of amides is 1. The molecule has 0 unspecified atom stereocenters. The van der Waals surface area contributed by atoms with Gasteiger partial charge in [-0.05, 0) is 48.9 Å². The number of para-hydroxylation sites is 1. The van der Waals surface area contributed by atoms with Crippen LogP contribution in [0.4, 0.5) is 5.69 Å². The van der Waals surface area contributed by atoms with Gasteiger partial charge in [-0.15, -0.1) is 0 Å². The molecule has 0 saturated carbocycles. The number of benzene rings is 3. The van der Waals surface area contributed by atoms with Crippen LogP contribution in [-0.4, -0.2) is 24.7 Å². The fourth-order valence-corrected chi connectivity index (χ4v) is 3.57. The summed E-state index contributed by atoms with van der Waals surface area (Å²) < 4.78 is 11.4. The van der Waals surface area contributed by atoms with E-state index in [9.17, 15) is 4.79 Å². The summed E-state index contributed by atoms with van der Waals surface area (Å²) in [7, 11) is 1.62. The smallest absolute Gasteiger partial charge is 0.274 e. The highest BCUT2D eigenvalue weighted by atomic mass is 16.5. The Morgan fingerprint density at radius 1 is 0.862 bits per heavy atom. The minimum absolute atomic E-state index is 0.0748. The van der Waals surface area contributed by atoms with Crippen molar-refractivity contribution < 1.29 is 14.3 Å². The number of methoxy groups -OCH3 is 1. The van der Waals surface area contributed by atoms with Crippen LogP contribution in [0.3, 0.4) is 0 Å². The molecule has 0 aromatic heterocycles. The molecular formula is C25H23NO3. The maximum atomic E-state index is 13.2. The number of anilines is 1. The van der Waals surface area contributed by atoms with Crippen LogP contribution in [0.2, 0.25) is 0 Å². The number of hydrogen-bond acceptors (Lipinski definition) is 3. The minimum Gasteiger partial charge on any atom is -0.497 e. The molecule has 2 atom stereocenters. The molecular weight excluding hydrogens is 362 g/mol. The van der Waals surface area contributed by atoms with Gasteiger partial charge in [-0.1, -0.05) is 60.7 Å². The molecule has 3 aromatic carbocycles. The van der Waals surface area contributed by atoms with E-state index in [2.05, 4.69) is 0 Å². The van der Waals surface area contributed by atoms with Crippen LogP contribution in [-0.2, 0) is 4.79 Å². The zero-order valence-corrected chi connectivity index (χ0v) is 16.5. The largest absolute Gasteiger partial charge is 0.497 e. The average molecular weight is 385 g/mol. The van der Waals surface area contributed by atoms with E-state index in [4.69, 9.17) is 9.47 Å². The molecule has 0 bridgehead atoms. The maximum Gasteiger partial charge on any atom is 0.274 e. The summed E-state index contributed by atoms with van der Waals surface area (Å²) in [5.41, 5.74) is 0.906. The Labute approximate surface area is 171 Å². The molecule has 1 fully saturated rings. The quantitative estimate of drug-likeness (QED) is 0.563. The summed E-state index contributed by atoms with van der Waals surface area (Å²) in [6.07, 6.45) is 4.06. The van der Waals surface area contributed by atoms with Crippen molar-refractivity contribution in [1.29, 1.82) is 0 Å². The van der Waals surface area contributed by atoms with E-state index in [-0.39, 0.29) is 11.9 Å². The van der Waals surface area contributed by atoms with Gasteiger partial charge >= 0.3 is 0 Å². The van der Waals surface area contributed by atoms with Gasteiger partial charge < -0.3 is 9.47 Å². The van der Waals surface area contributed by atoms with Gasteiger partial charge in [-0.3, -0.25) is 9.69 Å². The number of hydrogen-bond donors (Lipinski definition) is 0. The monoisotopic (exact) mass is 385 g/mol. The van der Waals surface area contributed by atoms with E-state index in [1.54, 1.807) is 12.0 Å². The molecule has 4 heteroatoms. The van der Waals surface area contributed by atoms with Crippen molar-refractivity contribution in [3.05, 3.63) is 96.6 Å². The first-order chi connectivity index (χ1) is 14.1. The summed E-state index contributed by atoms with van der Waals surface area (Å²) in [6.45, 7) is 1.85. The van der Waals surface area contributed by atoms with Gasteiger partial charge in [0.15, 0.2) is 0 Å². The lowest BCUT2D eigenvalue weighted by Gasteiger charge is -2.52. The second-order valence-corrected chi connectivity index (χ2v) is 7.11. The molecule has 0 radical (unpaired) electrons. The van der Waals surface area contributed by atoms with E-state index in [0.29, 0.717) is 5.75 Å². The van der Waals surface area contributed by atoms with Crippen LogP contribution in [0.5, 0.6) is 11.5 Å². The van der Waals surface area contributed by atoms with Crippen molar-refractivity contribution in [1.82, 2.24) is 0 Å². The Kier molecular flexibility index (Phi) is 5.09. The first-order valence-corrected chi connectivity index (χ1v) is 9.57. The molecule has 1 aliphatic rings. The third kappa shape index (κ3) is 3.61. The van der Waals surface area contributed by atoms with Gasteiger partial charge in [0.1, 0.15) is 17.5 Å². The Morgan fingerprint density at radius 2 is 1.48 bits per heavy atom. The SMILES string of the molecule is COc1ccc(N2C(=O)[C@@](C)(Oc3ccccc3)[C@@H]2/C=C/c2ccccc2)cc1. The number of rotatable bonds is 6. The van der Waals surface area contributed by atoms with Crippen molar-refractivity contribution in [2.45, 2.75) is 18.6 Å². The fourth-order valence-electron chi connectivity index (χ4n) is 3.57. The van der Waals surface area contributed by atoms with Crippen LogP contribution in [0.25, 0.3) is 6.08 Å². The van der Waals surface area contributed by atoms with Crippen LogP contribution in [0.15, 0.2) is 91.0 Å². The third-order valence-electron chi connectivity index (χ3n) is 5.18. The number of carbonyl (C=O) groups excluding carboxylic acids is 1. The molecule has 1 heterocycles. The molecule has 4 nitrogen and oxygen atoms in total. The van der Waals surface area contributed by atoms with E-state index in [0.717, 1.165) is 17.0 Å². The van der Waals surface area contributed by atoms with Crippen molar-refractivity contribution in [2.75, 3.05) is 12.0 Å². The minimum atomic E-state index is -0.980. The summed E-state index contributed by atoms with van der Waals surface area (Å²) >= 11 is 0. The summed E-state index contributed by atoms with van der Waals surface area (Å²) in [5, 5.41) is 0. The highest BCUT2D eigenvalue weighted by Crippen LogP contribution is 2.40. The Balaban J connectivity index is 1.67. The lowest BCUT2D eigenvalue weighted by Crippen LogP contribution is -2.74. The Morgan fingerprint density at radius 3 is 2.10 bits per heavy atom. The van der Waals surface area contributed by atoms with Crippen LogP contribution in [0.1, 0.15) is 12.5 Å². The van der Waals surface area contributed by atoms with Gasteiger partial charge in [0.25, 0.3) is 5.91 Å². The molecule has 3 aromatic rings. The fraction of sp³-hybridized carbons (Fsp3) is 0.160. The van der Waals surface area contributed by atoms with Crippen molar-refractivity contribution in [3.63, 3.8) is 0 Å².